The first-order chi connectivity index (χ1) is 16.7. The number of anilines is 2. The van der Waals surface area contributed by atoms with Crippen LogP contribution in [0.3, 0.4) is 0 Å². The molecule has 12 heteroatoms. The second-order valence-corrected chi connectivity index (χ2v) is 8.76. The zero-order valence-electron chi connectivity index (χ0n) is 19.3. The lowest BCUT2D eigenvalue weighted by Gasteiger charge is -2.32. The van der Waals surface area contributed by atoms with E-state index in [-0.39, 0.29) is 23.6 Å². The third-order valence-electron chi connectivity index (χ3n) is 6.25. The molecule has 5 rings (SSSR count). The number of alkyl halides is 3. The van der Waals surface area contributed by atoms with Crippen LogP contribution >= 0.6 is 0 Å². The fraction of sp³-hybridized carbons (Fsp3) is 0.478. The third kappa shape index (κ3) is 4.56. The van der Waals surface area contributed by atoms with Crippen molar-refractivity contribution in [1.29, 1.82) is 0 Å². The van der Waals surface area contributed by atoms with Crippen molar-refractivity contribution in [2.75, 3.05) is 29.9 Å². The van der Waals surface area contributed by atoms with Gasteiger partial charge in [-0.1, -0.05) is 0 Å². The maximum Gasteiger partial charge on any atom is 0.453 e. The van der Waals surface area contributed by atoms with Gasteiger partial charge in [0.25, 0.3) is 5.82 Å². The highest BCUT2D eigenvalue weighted by Gasteiger charge is 2.38. The Balaban J connectivity index is 1.26. The van der Waals surface area contributed by atoms with Gasteiger partial charge in [-0.25, -0.2) is 0 Å². The van der Waals surface area contributed by atoms with E-state index in [1.807, 2.05) is 30.9 Å². The number of nitrogens with one attached hydrogen (secondary N) is 1. The molecule has 186 valence electrons. The molecular formula is C23H25F3N6O3. The van der Waals surface area contributed by atoms with Gasteiger partial charge in [-0.2, -0.15) is 17.7 Å². The molecule has 0 unspecified atom stereocenters. The molecule has 0 bridgehead atoms. The van der Waals surface area contributed by atoms with Crippen LogP contribution in [-0.2, 0) is 17.4 Å². The van der Waals surface area contributed by atoms with Gasteiger partial charge in [0.2, 0.25) is 5.91 Å². The quantitative estimate of drug-likeness (QED) is 0.583. The van der Waals surface area contributed by atoms with Gasteiger partial charge < -0.3 is 19.7 Å². The van der Waals surface area contributed by atoms with Crippen LogP contribution in [0.1, 0.15) is 38.1 Å². The van der Waals surface area contributed by atoms with Gasteiger partial charge in [0, 0.05) is 37.1 Å². The van der Waals surface area contributed by atoms with Gasteiger partial charge in [0.05, 0.1) is 12.3 Å². The number of fused-ring (bicyclic) bond motifs is 2. The Bertz CT molecular complexity index is 1250. The Morgan fingerprint density at radius 3 is 2.71 bits per heavy atom. The average molecular weight is 490 g/mol. The van der Waals surface area contributed by atoms with Gasteiger partial charge in [-0.15, -0.1) is 15.3 Å². The summed E-state index contributed by atoms with van der Waals surface area (Å²) in [6, 6.07) is 6.80. The summed E-state index contributed by atoms with van der Waals surface area (Å²) in [6.07, 6.45) is -2.73. The summed E-state index contributed by atoms with van der Waals surface area (Å²) in [5, 5.41) is 13.8. The van der Waals surface area contributed by atoms with Gasteiger partial charge in [0.15, 0.2) is 5.65 Å². The largest absolute Gasteiger partial charge is 0.492 e. The number of piperidine rings is 1. The summed E-state index contributed by atoms with van der Waals surface area (Å²) in [6.45, 7) is 5.30. The first-order valence-electron chi connectivity index (χ1n) is 11.5. The first kappa shape index (κ1) is 23.2. The highest BCUT2D eigenvalue weighted by atomic mass is 19.4. The molecule has 1 atom stereocenters. The van der Waals surface area contributed by atoms with E-state index in [4.69, 9.17) is 9.47 Å². The monoisotopic (exact) mass is 490 g/mol. The van der Waals surface area contributed by atoms with E-state index in [1.165, 1.54) is 6.07 Å². The lowest BCUT2D eigenvalue weighted by Crippen LogP contribution is -2.38. The van der Waals surface area contributed by atoms with E-state index in [0.29, 0.717) is 54.3 Å². The van der Waals surface area contributed by atoms with Crippen LogP contribution in [-0.4, -0.2) is 51.5 Å². The maximum absolute atomic E-state index is 13.2. The predicted molar refractivity (Wildman–Crippen MR) is 121 cm³/mol. The number of nitrogens with zero attached hydrogens (tertiary/aromatic N) is 5. The minimum Gasteiger partial charge on any atom is -0.492 e. The topological polar surface area (TPSA) is 93.9 Å². The molecule has 1 fully saturated rings. The molecule has 2 aliphatic heterocycles. The Labute approximate surface area is 199 Å². The van der Waals surface area contributed by atoms with Crippen molar-refractivity contribution in [2.45, 2.75) is 45.4 Å². The lowest BCUT2D eigenvalue weighted by atomic mass is 9.95. The molecule has 2 aromatic heterocycles. The Morgan fingerprint density at radius 2 is 2.00 bits per heavy atom. The van der Waals surface area contributed by atoms with Crippen LogP contribution in [0.5, 0.6) is 11.5 Å². The third-order valence-corrected chi connectivity index (χ3v) is 6.25. The fourth-order valence-electron chi connectivity index (χ4n) is 4.54. The number of carbonyl (C=O) groups is 1. The molecule has 9 nitrogen and oxygen atoms in total. The summed E-state index contributed by atoms with van der Waals surface area (Å²) in [5.41, 5.74) is 1.65. The number of hydrogen-bond acceptors (Lipinski definition) is 7. The number of halogens is 3. The maximum atomic E-state index is 13.2. The summed E-state index contributed by atoms with van der Waals surface area (Å²) in [4.78, 5) is 14.9. The van der Waals surface area contributed by atoms with Crippen LogP contribution < -0.4 is 19.7 Å². The molecule has 0 spiro atoms. The summed E-state index contributed by atoms with van der Waals surface area (Å²) in [7, 11) is 0. The van der Waals surface area contributed by atoms with Crippen molar-refractivity contribution in [3.8, 4) is 11.5 Å². The van der Waals surface area contributed by atoms with E-state index in [0.717, 1.165) is 17.7 Å². The molecule has 3 aromatic rings. The van der Waals surface area contributed by atoms with Gasteiger partial charge in [0.1, 0.15) is 23.4 Å². The normalized spacial score (nSPS) is 18.4. The van der Waals surface area contributed by atoms with Crippen molar-refractivity contribution >= 4 is 23.1 Å². The SMILES string of the molecule is CCOc1cc2c(cc1NC(=O)C1CCN(c3ccc4nnc(C(F)(F)F)n4n3)CC1)O[C@H](C)C2. The van der Waals surface area contributed by atoms with Crippen molar-refractivity contribution in [1.82, 2.24) is 19.8 Å². The highest BCUT2D eigenvalue weighted by molar-refractivity contribution is 5.94. The molecule has 0 aliphatic carbocycles. The number of hydrogen-bond donors (Lipinski definition) is 1. The van der Waals surface area contributed by atoms with Crippen molar-refractivity contribution < 1.29 is 27.4 Å². The molecule has 0 radical (unpaired) electrons. The molecule has 2 aliphatic rings. The van der Waals surface area contributed by atoms with Crippen molar-refractivity contribution in [3.05, 3.63) is 35.7 Å². The van der Waals surface area contributed by atoms with E-state index < -0.39 is 12.0 Å². The molecular weight excluding hydrogens is 465 g/mol. The Kier molecular flexibility index (Phi) is 5.89. The van der Waals surface area contributed by atoms with Crippen LogP contribution in [0.4, 0.5) is 24.7 Å². The van der Waals surface area contributed by atoms with E-state index in [1.54, 1.807) is 6.07 Å². The minimum absolute atomic E-state index is 0.0214. The first-order valence-corrected chi connectivity index (χ1v) is 11.5. The number of amides is 1. The molecule has 1 aromatic carbocycles. The molecule has 35 heavy (non-hydrogen) atoms. The molecule has 1 saturated heterocycles. The molecule has 1 amide bonds. The second kappa shape index (κ2) is 8.90. The van der Waals surface area contributed by atoms with Crippen molar-refractivity contribution in [3.63, 3.8) is 0 Å². The van der Waals surface area contributed by atoms with Crippen molar-refractivity contribution in [2.24, 2.45) is 5.92 Å². The molecule has 4 heterocycles. The second-order valence-electron chi connectivity index (χ2n) is 8.76. The number of rotatable bonds is 5. The predicted octanol–water partition coefficient (Wildman–Crippen LogP) is 3.72. The minimum atomic E-state index is -4.66. The number of aromatic nitrogens is 4. The fourth-order valence-corrected chi connectivity index (χ4v) is 4.54. The van der Waals surface area contributed by atoms with Gasteiger partial charge in [-0.3, -0.25) is 4.79 Å². The van der Waals surface area contributed by atoms with Crippen LogP contribution in [0.25, 0.3) is 5.65 Å². The zero-order valence-corrected chi connectivity index (χ0v) is 19.3. The van der Waals surface area contributed by atoms with Crippen LogP contribution in [0, 0.1) is 5.92 Å². The van der Waals surface area contributed by atoms with Crippen LogP contribution in [0.2, 0.25) is 0 Å². The summed E-state index contributed by atoms with van der Waals surface area (Å²) in [5.74, 6) is 0.199. The average Bonchev–Trinajstić information content (AvgIpc) is 3.41. The number of carbonyl (C=O) groups excluding carboxylic acids is 1. The number of benzene rings is 1. The standard InChI is InChI=1S/C23H25F3N6O3/c1-3-34-18-11-15-10-13(2)35-17(15)12-16(18)27-21(33)14-6-8-31(9-7-14)20-5-4-19-28-29-22(23(24,25)26)32(19)30-20/h4-5,11-14H,3,6-10H2,1-2H3,(H,27,33)/t13-/m1/s1. The zero-order chi connectivity index (χ0) is 24.7. The van der Waals surface area contributed by atoms with E-state index in [9.17, 15) is 18.0 Å². The Morgan fingerprint density at radius 1 is 1.23 bits per heavy atom. The highest BCUT2D eigenvalue weighted by Crippen LogP contribution is 2.38. The lowest BCUT2D eigenvalue weighted by molar-refractivity contribution is -0.146. The molecule has 1 N–H and O–H groups in total. The summed E-state index contributed by atoms with van der Waals surface area (Å²) >= 11 is 0. The number of ether oxygens (including phenoxy) is 2. The van der Waals surface area contributed by atoms with E-state index in [2.05, 4.69) is 20.6 Å². The smallest absolute Gasteiger partial charge is 0.453 e. The van der Waals surface area contributed by atoms with Gasteiger partial charge >= 0.3 is 6.18 Å². The van der Waals surface area contributed by atoms with Crippen LogP contribution in [0.15, 0.2) is 24.3 Å². The Hall–Kier alpha value is -3.57. The summed E-state index contributed by atoms with van der Waals surface area (Å²) < 4.78 is 51.8. The van der Waals surface area contributed by atoms with E-state index >= 15 is 0 Å². The molecule has 0 saturated carbocycles. The van der Waals surface area contributed by atoms with Gasteiger partial charge in [-0.05, 0) is 44.9 Å².